The molecule has 2 N–H and O–H groups in total. The predicted octanol–water partition coefficient (Wildman–Crippen LogP) is 5.17. The number of rotatable bonds is 5. The van der Waals surface area contributed by atoms with Gasteiger partial charge >= 0.3 is 5.97 Å². The summed E-state index contributed by atoms with van der Waals surface area (Å²) in [5.74, 6) is -0.258. The standard InChI is InChI=1S/C20H24N2O2S2/c1-3-13-9-5-7-11-15(13)21-20(25)22-18-17(19(23)24-4-2)14-10-6-8-12-16(14)26-18/h5,7,9,11H,3-4,6,8,10,12H2,1-2H3,(H2,21,22,25). The number of benzene rings is 1. The molecule has 0 unspecified atom stereocenters. The number of aryl methyl sites for hydroxylation is 2. The lowest BCUT2D eigenvalue weighted by molar-refractivity contribution is 0.0526. The Morgan fingerprint density at radius 3 is 2.73 bits per heavy atom. The Hall–Kier alpha value is -1.92. The molecule has 26 heavy (non-hydrogen) atoms. The van der Waals surface area contributed by atoms with Gasteiger partial charge in [0, 0.05) is 10.6 Å². The normalized spacial score (nSPS) is 13.0. The first kappa shape index (κ1) is 18.9. The fraction of sp³-hybridized carbons (Fsp3) is 0.400. The number of esters is 1. The van der Waals surface area contributed by atoms with E-state index in [9.17, 15) is 4.79 Å². The molecule has 138 valence electrons. The molecule has 0 spiro atoms. The van der Waals surface area contributed by atoms with Crippen LogP contribution in [0.5, 0.6) is 0 Å². The van der Waals surface area contributed by atoms with Crippen LogP contribution in [0.2, 0.25) is 0 Å². The predicted molar refractivity (Wildman–Crippen MR) is 113 cm³/mol. The molecule has 3 rings (SSSR count). The van der Waals surface area contributed by atoms with Crippen LogP contribution in [0.1, 0.15) is 53.1 Å². The van der Waals surface area contributed by atoms with Gasteiger partial charge in [-0.15, -0.1) is 11.3 Å². The summed E-state index contributed by atoms with van der Waals surface area (Å²) in [6, 6.07) is 8.10. The highest BCUT2D eigenvalue weighted by Gasteiger charge is 2.26. The summed E-state index contributed by atoms with van der Waals surface area (Å²) in [5.41, 5.74) is 4.00. The first-order valence-electron chi connectivity index (χ1n) is 9.11. The third-order valence-electron chi connectivity index (χ3n) is 4.52. The second kappa shape index (κ2) is 8.64. The molecule has 2 aromatic rings. The number of hydrogen-bond donors (Lipinski definition) is 2. The maximum atomic E-state index is 12.5. The zero-order chi connectivity index (χ0) is 18.5. The highest BCUT2D eigenvalue weighted by atomic mass is 32.1. The molecule has 0 saturated carbocycles. The van der Waals surface area contributed by atoms with Crippen molar-refractivity contribution >= 4 is 45.3 Å². The smallest absolute Gasteiger partial charge is 0.341 e. The summed E-state index contributed by atoms with van der Waals surface area (Å²) >= 11 is 7.13. The number of hydrogen-bond acceptors (Lipinski definition) is 4. The summed E-state index contributed by atoms with van der Waals surface area (Å²) in [6.45, 7) is 4.32. The van der Waals surface area contributed by atoms with Gasteiger partial charge in [0.2, 0.25) is 0 Å². The monoisotopic (exact) mass is 388 g/mol. The Balaban J connectivity index is 1.83. The highest BCUT2D eigenvalue weighted by Crippen LogP contribution is 2.38. The molecule has 1 aromatic heterocycles. The Labute approximate surface area is 164 Å². The summed E-state index contributed by atoms with van der Waals surface area (Å²) in [4.78, 5) is 13.8. The maximum Gasteiger partial charge on any atom is 0.341 e. The number of carbonyl (C=O) groups is 1. The quantitative estimate of drug-likeness (QED) is 0.546. The van der Waals surface area contributed by atoms with Crippen LogP contribution >= 0.6 is 23.6 Å². The summed E-state index contributed by atoms with van der Waals surface area (Å²) < 4.78 is 5.29. The van der Waals surface area contributed by atoms with Crippen molar-refractivity contribution in [1.82, 2.24) is 0 Å². The lowest BCUT2D eigenvalue weighted by atomic mass is 9.95. The number of anilines is 2. The van der Waals surface area contributed by atoms with E-state index in [0.29, 0.717) is 17.3 Å². The molecule has 1 aliphatic rings. The zero-order valence-corrected chi connectivity index (χ0v) is 16.8. The van der Waals surface area contributed by atoms with Crippen LogP contribution in [0.15, 0.2) is 24.3 Å². The van der Waals surface area contributed by atoms with Gasteiger partial charge in [-0.25, -0.2) is 4.79 Å². The third kappa shape index (κ3) is 4.07. The Kier molecular flexibility index (Phi) is 6.27. The first-order valence-corrected chi connectivity index (χ1v) is 10.3. The van der Waals surface area contributed by atoms with E-state index in [1.807, 2.05) is 25.1 Å². The highest BCUT2D eigenvalue weighted by molar-refractivity contribution is 7.80. The van der Waals surface area contributed by atoms with E-state index in [1.165, 1.54) is 16.9 Å². The average molecular weight is 389 g/mol. The van der Waals surface area contributed by atoms with Crippen molar-refractivity contribution in [2.45, 2.75) is 46.0 Å². The molecule has 4 nitrogen and oxygen atoms in total. The molecule has 0 aliphatic heterocycles. The van der Waals surface area contributed by atoms with Gasteiger partial charge in [-0.3, -0.25) is 0 Å². The van der Waals surface area contributed by atoms with Gasteiger partial charge in [0.15, 0.2) is 5.11 Å². The van der Waals surface area contributed by atoms with Gasteiger partial charge < -0.3 is 15.4 Å². The van der Waals surface area contributed by atoms with Crippen molar-refractivity contribution in [3.8, 4) is 0 Å². The maximum absolute atomic E-state index is 12.5. The second-order valence-corrected chi connectivity index (χ2v) is 7.74. The Bertz CT molecular complexity index is 814. The van der Waals surface area contributed by atoms with Crippen LogP contribution in [0, 0.1) is 0 Å². The molecule has 1 aliphatic carbocycles. The Morgan fingerprint density at radius 2 is 1.96 bits per heavy atom. The van der Waals surface area contributed by atoms with Crippen LogP contribution in [0.4, 0.5) is 10.7 Å². The second-order valence-electron chi connectivity index (χ2n) is 6.23. The largest absolute Gasteiger partial charge is 0.462 e. The lowest BCUT2D eigenvalue weighted by Crippen LogP contribution is -2.21. The van der Waals surface area contributed by atoms with Gasteiger partial charge in [-0.05, 0) is 68.4 Å². The van der Waals surface area contributed by atoms with Crippen molar-refractivity contribution in [2.24, 2.45) is 0 Å². The zero-order valence-electron chi connectivity index (χ0n) is 15.2. The number of thiocarbonyl (C=S) groups is 1. The van der Waals surface area contributed by atoms with E-state index in [2.05, 4.69) is 23.6 Å². The van der Waals surface area contributed by atoms with Gasteiger partial charge in [0.05, 0.1) is 12.2 Å². The van der Waals surface area contributed by atoms with E-state index < -0.39 is 0 Å². The summed E-state index contributed by atoms with van der Waals surface area (Å²) in [7, 11) is 0. The lowest BCUT2D eigenvalue weighted by Gasteiger charge is -2.14. The van der Waals surface area contributed by atoms with Crippen molar-refractivity contribution in [1.29, 1.82) is 0 Å². The molecule has 1 heterocycles. The number of carbonyl (C=O) groups excluding carboxylic acids is 1. The van der Waals surface area contributed by atoms with Crippen LogP contribution < -0.4 is 10.6 Å². The van der Waals surface area contributed by atoms with E-state index >= 15 is 0 Å². The van der Waals surface area contributed by atoms with E-state index in [1.54, 1.807) is 11.3 Å². The van der Waals surface area contributed by atoms with Crippen molar-refractivity contribution in [3.05, 3.63) is 45.8 Å². The van der Waals surface area contributed by atoms with E-state index in [-0.39, 0.29) is 5.97 Å². The van der Waals surface area contributed by atoms with E-state index in [4.69, 9.17) is 17.0 Å². The van der Waals surface area contributed by atoms with Crippen LogP contribution in [0.3, 0.4) is 0 Å². The molecular weight excluding hydrogens is 364 g/mol. The number of thiophene rings is 1. The SMILES string of the molecule is CCOC(=O)c1c(NC(=S)Nc2ccccc2CC)sc2c1CCCC2. The molecule has 0 amide bonds. The van der Waals surface area contributed by atoms with Gasteiger partial charge in [-0.1, -0.05) is 25.1 Å². The average Bonchev–Trinajstić information content (AvgIpc) is 3.00. The first-order chi connectivity index (χ1) is 12.6. The fourth-order valence-corrected chi connectivity index (χ4v) is 4.84. The topological polar surface area (TPSA) is 50.4 Å². The minimum absolute atomic E-state index is 0.258. The van der Waals surface area contributed by atoms with E-state index in [0.717, 1.165) is 41.9 Å². The molecule has 6 heteroatoms. The summed E-state index contributed by atoms with van der Waals surface area (Å²) in [5, 5.41) is 7.80. The minimum atomic E-state index is -0.258. The van der Waals surface area contributed by atoms with Crippen LogP contribution in [-0.4, -0.2) is 17.7 Å². The van der Waals surface area contributed by atoms with Gasteiger partial charge in [-0.2, -0.15) is 0 Å². The molecule has 0 atom stereocenters. The molecule has 0 fully saturated rings. The molecule has 0 radical (unpaired) electrons. The van der Waals surface area contributed by atoms with Crippen molar-refractivity contribution < 1.29 is 9.53 Å². The van der Waals surface area contributed by atoms with Crippen molar-refractivity contribution in [3.63, 3.8) is 0 Å². The number of fused-ring (bicyclic) bond motifs is 1. The summed E-state index contributed by atoms with van der Waals surface area (Å²) in [6.07, 6.45) is 5.16. The van der Waals surface area contributed by atoms with Crippen LogP contribution in [0.25, 0.3) is 0 Å². The molecule has 1 aromatic carbocycles. The number of para-hydroxylation sites is 1. The number of nitrogens with one attached hydrogen (secondary N) is 2. The third-order valence-corrected chi connectivity index (χ3v) is 5.94. The van der Waals surface area contributed by atoms with Gasteiger partial charge in [0.1, 0.15) is 5.00 Å². The molecule has 0 bridgehead atoms. The van der Waals surface area contributed by atoms with Gasteiger partial charge in [0.25, 0.3) is 0 Å². The molecular formula is C20H24N2O2S2. The van der Waals surface area contributed by atoms with Crippen LogP contribution in [-0.2, 0) is 24.0 Å². The minimum Gasteiger partial charge on any atom is -0.462 e. The van der Waals surface area contributed by atoms with Crippen molar-refractivity contribution in [2.75, 3.05) is 17.2 Å². The Morgan fingerprint density at radius 1 is 1.19 bits per heavy atom. The fourth-order valence-electron chi connectivity index (χ4n) is 3.28. The molecule has 0 saturated heterocycles. The number of ether oxygens (including phenoxy) is 1.